The minimum Gasteiger partial charge on any atom is -0.472 e. The fourth-order valence-electron chi connectivity index (χ4n) is 2.25. The number of nitrogens with two attached hydrogens (primary N) is 1. The molecule has 0 radical (unpaired) electrons. The number of rotatable bonds is 5. The van der Waals surface area contributed by atoms with Crippen molar-refractivity contribution < 1.29 is 9.52 Å². The summed E-state index contributed by atoms with van der Waals surface area (Å²) in [7, 11) is 0. The third kappa shape index (κ3) is 3.06. The van der Waals surface area contributed by atoms with E-state index >= 15 is 0 Å². The molecule has 0 aliphatic heterocycles. The molecular weight excluding hydrogens is 238 g/mol. The summed E-state index contributed by atoms with van der Waals surface area (Å²) in [6.07, 6.45) is 2.50. The van der Waals surface area contributed by atoms with Crippen molar-refractivity contribution in [1.82, 2.24) is 0 Å². The summed E-state index contributed by atoms with van der Waals surface area (Å²) < 4.78 is 5.02. The van der Waals surface area contributed by atoms with Gasteiger partial charge in [-0.15, -0.1) is 0 Å². The van der Waals surface area contributed by atoms with Crippen LogP contribution >= 0.6 is 0 Å². The van der Waals surface area contributed by atoms with Gasteiger partial charge in [0, 0.05) is 18.0 Å². The van der Waals surface area contributed by atoms with Crippen molar-refractivity contribution in [2.75, 3.05) is 6.54 Å². The molecule has 2 rings (SSSR count). The summed E-state index contributed by atoms with van der Waals surface area (Å²) in [6.45, 7) is 4.72. The Morgan fingerprint density at radius 1 is 1.05 bits per heavy atom. The maximum Gasteiger partial charge on any atom is 0.0960 e. The van der Waals surface area contributed by atoms with Crippen molar-refractivity contribution in [2.24, 2.45) is 5.73 Å². The summed E-state index contributed by atoms with van der Waals surface area (Å²) >= 11 is 0. The van der Waals surface area contributed by atoms with E-state index in [-0.39, 0.29) is 5.92 Å². The largest absolute Gasteiger partial charge is 0.472 e. The lowest BCUT2D eigenvalue weighted by atomic mass is 9.89. The summed E-state index contributed by atoms with van der Waals surface area (Å²) in [4.78, 5) is 0. The molecule has 0 saturated heterocycles. The predicted octanol–water partition coefficient (Wildman–Crippen LogP) is 3.18. The molecule has 0 spiro atoms. The van der Waals surface area contributed by atoms with Crippen LogP contribution in [-0.2, 0) is 0 Å². The van der Waals surface area contributed by atoms with Crippen LogP contribution in [0.25, 0.3) is 0 Å². The summed E-state index contributed by atoms with van der Waals surface area (Å²) in [5.74, 6) is 0.392. The van der Waals surface area contributed by atoms with E-state index in [0.29, 0.717) is 12.5 Å². The van der Waals surface area contributed by atoms with Crippen LogP contribution in [0.2, 0.25) is 0 Å². The number of aliphatic hydroxyl groups is 1. The first kappa shape index (κ1) is 13.8. The number of furan rings is 1. The van der Waals surface area contributed by atoms with Crippen molar-refractivity contribution in [3.05, 3.63) is 59.5 Å². The van der Waals surface area contributed by atoms with Crippen LogP contribution in [0.15, 0.2) is 47.3 Å². The minimum atomic E-state index is -0.631. The van der Waals surface area contributed by atoms with Crippen LogP contribution in [0.5, 0.6) is 0 Å². The Labute approximate surface area is 114 Å². The smallest absolute Gasteiger partial charge is 0.0960 e. The highest BCUT2D eigenvalue weighted by molar-refractivity contribution is 5.30. The lowest BCUT2D eigenvalue weighted by molar-refractivity contribution is 0.146. The minimum absolute atomic E-state index is 0.112. The van der Waals surface area contributed by atoms with Crippen molar-refractivity contribution in [3.63, 3.8) is 0 Å². The van der Waals surface area contributed by atoms with Crippen molar-refractivity contribution in [2.45, 2.75) is 31.8 Å². The van der Waals surface area contributed by atoms with E-state index in [4.69, 9.17) is 10.2 Å². The Bertz CT molecular complexity index is 488. The van der Waals surface area contributed by atoms with E-state index in [0.717, 1.165) is 11.1 Å². The molecule has 0 amide bonds. The molecule has 1 aromatic heterocycles. The molecule has 19 heavy (non-hydrogen) atoms. The lowest BCUT2D eigenvalue weighted by Gasteiger charge is -2.21. The first-order chi connectivity index (χ1) is 9.13. The molecule has 0 saturated carbocycles. The zero-order chi connectivity index (χ0) is 13.8. The van der Waals surface area contributed by atoms with Gasteiger partial charge in [-0.2, -0.15) is 0 Å². The van der Waals surface area contributed by atoms with Crippen LogP contribution in [-0.4, -0.2) is 11.7 Å². The molecule has 3 nitrogen and oxygen atoms in total. The Morgan fingerprint density at radius 2 is 1.68 bits per heavy atom. The quantitative estimate of drug-likeness (QED) is 0.867. The average molecular weight is 259 g/mol. The molecule has 3 heteroatoms. The van der Waals surface area contributed by atoms with Gasteiger partial charge in [-0.3, -0.25) is 0 Å². The molecule has 1 aromatic carbocycles. The van der Waals surface area contributed by atoms with Crippen molar-refractivity contribution >= 4 is 0 Å². The zero-order valence-corrected chi connectivity index (χ0v) is 11.4. The molecule has 1 heterocycles. The van der Waals surface area contributed by atoms with Crippen molar-refractivity contribution in [1.29, 1.82) is 0 Å². The highest BCUT2D eigenvalue weighted by Crippen LogP contribution is 2.31. The average Bonchev–Trinajstić information content (AvgIpc) is 2.94. The van der Waals surface area contributed by atoms with Crippen LogP contribution in [0.1, 0.15) is 48.5 Å². The molecule has 2 atom stereocenters. The molecule has 2 aromatic rings. The normalized spacial score (nSPS) is 14.6. The third-order valence-corrected chi connectivity index (χ3v) is 3.55. The van der Waals surface area contributed by atoms with Gasteiger partial charge in [0.2, 0.25) is 0 Å². The highest BCUT2D eigenvalue weighted by atomic mass is 16.3. The van der Waals surface area contributed by atoms with Gasteiger partial charge in [-0.1, -0.05) is 38.1 Å². The second-order valence-corrected chi connectivity index (χ2v) is 5.17. The van der Waals surface area contributed by atoms with Gasteiger partial charge in [0.25, 0.3) is 0 Å². The molecule has 0 bridgehead atoms. The summed E-state index contributed by atoms with van der Waals surface area (Å²) in [5, 5.41) is 10.4. The second-order valence-electron chi connectivity index (χ2n) is 5.17. The molecule has 3 N–H and O–H groups in total. The van der Waals surface area contributed by atoms with Gasteiger partial charge in [0.1, 0.15) is 0 Å². The monoisotopic (exact) mass is 259 g/mol. The first-order valence-electron chi connectivity index (χ1n) is 6.63. The van der Waals surface area contributed by atoms with Gasteiger partial charge in [-0.05, 0) is 23.1 Å². The van der Waals surface area contributed by atoms with Crippen LogP contribution in [0.4, 0.5) is 0 Å². The van der Waals surface area contributed by atoms with Gasteiger partial charge < -0.3 is 15.3 Å². The van der Waals surface area contributed by atoms with Crippen molar-refractivity contribution in [3.8, 4) is 0 Å². The zero-order valence-electron chi connectivity index (χ0n) is 11.4. The Kier molecular flexibility index (Phi) is 4.40. The maximum atomic E-state index is 10.4. The molecular formula is C16H21NO2. The number of aliphatic hydroxyl groups excluding tert-OH is 1. The molecule has 0 fully saturated rings. The lowest BCUT2D eigenvalue weighted by Crippen LogP contribution is -2.19. The Hall–Kier alpha value is -1.58. The second kappa shape index (κ2) is 6.04. The van der Waals surface area contributed by atoms with Gasteiger partial charge in [0.05, 0.1) is 18.6 Å². The summed E-state index contributed by atoms with van der Waals surface area (Å²) in [6, 6.07) is 10.1. The van der Waals surface area contributed by atoms with Crippen LogP contribution < -0.4 is 5.73 Å². The van der Waals surface area contributed by atoms with Crippen LogP contribution in [0.3, 0.4) is 0 Å². The Morgan fingerprint density at radius 3 is 2.16 bits per heavy atom. The van der Waals surface area contributed by atoms with E-state index in [1.807, 2.05) is 0 Å². The van der Waals surface area contributed by atoms with Gasteiger partial charge in [0.15, 0.2) is 0 Å². The SMILES string of the molecule is CC(C)c1ccc(C(CN)C(O)c2ccoc2)cc1. The van der Waals surface area contributed by atoms with E-state index in [9.17, 15) is 5.11 Å². The Balaban J connectivity index is 2.22. The van der Waals surface area contributed by atoms with E-state index in [1.54, 1.807) is 18.6 Å². The van der Waals surface area contributed by atoms with E-state index in [1.165, 1.54) is 5.56 Å². The van der Waals surface area contributed by atoms with E-state index < -0.39 is 6.10 Å². The molecule has 0 aliphatic carbocycles. The van der Waals surface area contributed by atoms with Gasteiger partial charge >= 0.3 is 0 Å². The molecule has 0 aliphatic rings. The number of hydrogen-bond donors (Lipinski definition) is 2. The molecule has 102 valence electrons. The van der Waals surface area contributed by atoms with Crippen LogP contribution in [0, 0.1) is 0 Å². The molecule has 2 unspecified atom stereocenters. The van der Waals surface area contributed by atoms with E-state index in [2.05, 4.69) is 38.1 Å². The fraction of sp³-hybridized carbons (Fsp3) is 0.375. The number of benzene rings is 1. The summed E-state index contributed by atoms with van der Waals surface area (Å²) in [5.41, 5.74) is 8.93. The van der Waals surface area contributed by atoms with Gasteiger partial charge in [-0.25, -0.2) is 0 Å². The topological polar surface area (TPSA) is 59.4 Å². The maximum absolute atomic E-state index is 10.4. The third-order valence-electron chi connectivity index (χ3n) is 3.55. The predicted molar refractivity (Wildman–Crippen MR) is 76.0 cm³/mol. The highest BCUT2D eigenvalue weighted by Gasteiger charge is 2.22. The number of hydrogen-bond acceptors (Lipinski definition) is 3. The standard InChI is InChI=1S/C16H21NO2/c1-11(2)12-3-5-13(6-4-12)15(9-17)16(18)14-7-8-19-10-14/h3-8,10-11,15-16,18H,9,17H2,1-2H3. The fourth-order valence-corrected chi connectivity index (χ4v) is 2.25. The first-order valence-corrected chi connectivity index (χ1v) is 6.63.